The van der Waals surface area contributed by atoms with Gasteiger partial charge >= 0.3 is 5.97 Å². The summed E-state index contributed by atoms with van der Waals surface area (Å²) < 4.78 is 5.58. The quantitative estimate of drug-likeness (QED) is 0.327. The van der Waals surface area contributed by atoms with Gasteiger partial charge in [-0.1, -0.05) is 78.9 Å². The number of hydrogen-bond donors (Lipinski definition) is 1. The first-order valence-electron chi connectivity index (χ1n) is 11.2. The second-order valence-electron chi connectivity index (χ2n) is 9.03. The second-order valence-corrected chi connectivity index (χ2v) is 9.03. The van der Waals surface area contributed by atoms with Gasteiger partial charge in [0, 0.05) is 5.56 Å². The minimum absolute atomic E-state index is 0.298. The molecule has 0 unspecified atom stereocenters. The van der Waals surface area contributed by atoms with Crippen LogP contribution >= 0.6 is 0 Å². The molecule has 0 aromatic heterocycles. The molecule has 0 atom stereocenters. The van der Waals surface area contributed by atoms with Crippen LogP contribution in [-0.4, -0.2) is 17.5 Å². The van der Waals surface area contributed by atoms with Crippen LogP contribution in [0.25, 0.3) is 22.3 Å². The fourth-order valence-electron chi connectivity index (χ4n) is 3.63. The zero-order valence-corrected chi connectivity index (χ0v) is 19.5. The third-order valence-corrected chi connectivity index (χ3v) is 5.23. The van der Waals surface area contributed by atoms with E-state index in [9.17, 15) is 9.59 Å². The first kappa shape index (κ1) is 23.0. The fraction of sp³-hybridized carbons (Fsp3) is 0.133. The molecule has 4 aromatic carbocycles. The highest BCUT2D eigenvalue weighted by molar-refractivity contribution is 6.09. The molecule has 0 aliphatic carbocycles. The predicted octanol–water partition coefficient (Wildman–Crippen LogP) is 7.23. The van der Waals surface area contributed by atoms with Gasteiger partial charge in [0.15, 0.2) is 0 Å². The highest BCUT2D eigenvalue weighted by Gasteiger charge is 2.22. The second kappa shape index (κ2) is 9.75. The number of benzene rings is 4. The maximum absolute atomic E-state index is 13.2. The Labute approximate surface area is 200 Å². The summed E-state index contributed by atoms with van der Waals surface area (Å²) >= 11 is 0. The summed E-state index contributed by atoms with van der Waals surface area (Å²) in [6, 6.07) is 32.5. The smallest absolute Gasteiger partial charge is 0.340 e. The number of amides is 1. The first-order chi connectivity index (χ1) is 16.3. The molecule has 4 aromatic rings. The van der Waals surface area contributed by atoms with Crippen LogP contribution in [0.3, 0.4) is 0 Å². The van der Waals surface area contributed by atoms with E-state index in [-0.39, 0.29) is 5.91 Å². The van der Waals surface area contributed by atoms with Gasteiger partial charge < -0.3 is 10.1 Å². The van der Waals surface area contributed by atoms with Crippen molar-refractivity contribution in [3.05, 3.63) is 114 Å². The minimum atomic E-state index is -0.652. The molecule has 1 N–H and O–H groups in total. The molecule has 0 bridgehead atoms. The average Bonchev–Trinajstić information content (AvgIpc) is 2.84. The maximum Gasteiger partial charge on any atom is 0.340 e. The number of carbonyl (C=O) groups excluding carboxylic acids is 2. The summed E-state index contributed by atoms with van der Waals surface area (Å²) in [7, 11) is 0. The van der Waals surface area contributed by atoms with E-state index in [1.54, 1.807) is 12.1 Å². The lowest BCUT2D eigenvalue weighted by Gasteiger charge is -2.21. The van der Waals surface area contributed by atoms with Gasteiger partial charge in [-0.25, -0.2) is 4.79 Å². The van der Waals surface area contributed by atoms with Crippen molar-refractivity contribution >= 4 is 17.6 Å². The largest absolute Gasteiger partial charge is 0.456 e. The summed E-state index contributed by atoms with van der Waals surface area (Å²) in [6.45, 7) is 5.45. The number of anilines is 1. The molecular weight excluding hydrogens is 422 g/mol. The monoisotopic (exact) mass is 449 g/mol. The van der Waals surface area contributed by atoms with Crippen LogP contribution in [0.5, 0.6) is 0 Å². The lowest BCUT2D eigenvalue weighted by atomic mass is 10.0. The van der Waals surface area contributed by atoms with Crippen molar-refractivity contribution in [3.63, 3.8) is 0 Å². The fourth-order valence-corrected chi connectivity index (χ4v) is 3.63. The molecule has 170 valence electrons. The number of hydrogen-bond acceptors (Lipinski definition) is 3. The average molecular weight is 450 g/mol. The molecule has 0 fully saturated rings. The highest BCUT2D eigenvalue weighted by atomic mass is 16.6. The van der Waals surface area contributed by atoms with Crippen LogP contribution in [-0.2, 0) is 4.74 Å². The van der Waals surface area contributed by atoms with Crippen LogP contribution in [0.4, 0.5) is 5.69 Å². The van der Waals surface area contributed by atoms with E-state index in [0.29, 0.717) is 16.8 Å². The van der Waals surface area contributed by atoms with Gasteiger partial charge in [0.05, 0.1) is 11.3 Å². The standard InChI is InChI=1S/C30H27NO3/c1-30(2,3)34-29(33)26-18-17-24(22-13-8-5-9-14-22)20-27(26)31-28(32)25-16-10-15-23(19-25)21-11-6-4-7-12-21/h4-20H,1-3H3,(H,31,32). The number of rotatable bonds is 5. The van der Waals surface area contributed by atoms with Crippen LogP contribution in [0, 0.1) is 0 Å². The predicted molar refractivity (Wildman–Crippen MR) is 137 cm³/mol. The zero-order chi connectivity index (χ0) is 24.1. The van der Waals surface area contributed by atoms with Crippen LogP contribution < -0.4 is 5.32 Å². The van der Waals surface area contributed by atoms with Gasteiger partial charge in [0.1, 0.15) is 5.60 Å². The molecule has 0 aliphatic rings. The van der Waals surface area contributed by atoms with E-state index in [4.69, 9.17) is 4.74 Å². The van der Waals surface area contributed by atoms with E-state index in [2.05, 4.69) is 5.32 Å². The van der Waals surface area contributed by atoms with Gasteiger partial charge in [-0.05, 0) is 67.3 Å². The van der Waals surface area contributed by atoms with Gasteiger partial charge in [-0.2, -0.15) is 0 Å². The van der Waals surface area contributed by atoms with E-state index in [1.807, 2.05) is 112 Å². The van der Waals surface area contributed by atoms with Gasteiger partial charge in [-0.3, -0.25) is 4.79 Å². The Morgan fingerprint density at radius 1 is 0.647 bits per heavy atom. The van der Waals surface area contributed by atoms with E-state index < -0.39 is 11.6 Å². The Bertz CT molecular complexity index is 1310. The van der Waals surface area contributed by atoms with Gasteiger partial charge in [0.25, 0.3) is 5.91 Å². The molecule has 0 heterocycles. The maximum atomic E-state index is 13.2. The lowest BCUT2D eigenvalue weighted by Crippen LogP contribution is -2.25. The summed E-state index contributed by atoms with van der Waals surface area (Å²) in [4.78, 5) is 26.2. The first-order valence-corrected chi connectivity index (χ1v) is 11.2. The SMILES string of the molecule is CC(C)(C)OC(=O)c1ccc(-c2ccccc2)cc1NC(=O)c1cccc(-c2ccccc2)c1. The van der Waals surface area contributed by atoms with Crippen LogP contribution in [0.15, 0.2) is 103 Å². The molecule has 0 saturated carbocycles. The molecule has 0 aliphatic heterocycles. The molecule has 0 radical (unpaired) electrons. The Kier molecular flexibility index (Phi) is 6.60. The van der Waals surface area contributed by atoms with Crippen LogP contribution in [0.1, 0.15) is 41.5 Å². The molecule has 0 spiro atoms. The number of esters is 1. The normalized spacial score (nSPS) is 11.0. The van der Waals surface area contributed by atoms with Crippen molar-refractivity contribution in [3.8, 4) is 22.3 Å². The number of nitrogens with one attached hydrogen (secondary N) is 1. The Morgan fingerprint density at radius 2 is 1.21 bits per heavy atom. The van der Waals surface area contributed by atoms with Crippen molar-refractivity contribution in [2.75, 3.05) is 5.32 Å². The lowest BCUT2D eigenvalue weighted by molar-refractivity contribution is 0.00708. The summed E-state index contributed by atoms with van der Waals surface area (Å²) in [5.74, 6) is -0.784. The molecule has 4 rings (SSSR count). The van der Waals surface area contributed by atoms with E-state index >= 15 is 0 Å². The number of ether oxygens (including phenoxy) is 1. The Hall–Kier alpha value is -4.18. The Balaban J connectivity index is 1.69. The third-order valence-electron chi connectivity index (χ3n) is 5.23. The summed E-state index contributed by atoms with van der Waals surface area (Å²) in [5, 5.41) is 2.94. The van der Waals surface area contributed by atoms with Crippen molar-refractivity contribution in [1.29, 1.82) is 0 Å². The molecule has 0 saturated heterocycles. The molecule has 4 nitrogen and oxygen atoms in total. The van der Waals surface area contributed by atoms with Crippen LogP contribution in [0.2, 0.25) is 0 Å². The van der Waals surface area contributed by atoms with Crippen molar-refractivity contribution < 1.29 is 14.3 Å². The third kappa shape index (κ3) is 5.59. The van der Waals surface area contributed by atoms with Crippen molar-refractivity contribution in [2.24, 2.45) is 0 Å². The molecular formula is C30H27NO3. The van der Waals surface area contributed by atoms with Crippen molar-refractivity contribution in [2.45, 2.75) is 26.4 Å². The minimum Gasteiger partial charge on any atom is -0.456 e. The number of carbonyl (C=O) groups is 2. The molecule has 1 amide bonds. The van der Waals surface area contributed by atoms with Crippen molar-refractivity contribution in [1.82, 2.24) is 0 Å². The molecule has 34 heavy (non-hydrogen) atoms. The topological polar surface area (TPSA) is 55.4 Å². The summed E-state index contributed by atoms with van der Waals surface area (Å²) in [6.07, 6.45) is 0. The summed E-state index contributed by atoms with van der Waals surface area (Å²) in [5.41, 5.74) is 4.41. The highest BCUT2D eigenvalue weighted by Crippen LogP contribution is 2.28. The Morgan fingerprint density at radius 3 is 1.79 bits per heavy atom. The zero-order valence-electron chi connectivity index (χ0n) is 19.5. The van der Waals surface area contributed by atoms with E-state index in [0.717, 1.165) is 22.3 Å². The van der Waals surface area contributed by atoms with Gasteiger partial charge in [0.2, 0.25) is 0 Å². The molecule has 4 heteroatoms. The van der Waals surface area contributed by atoms with Gasteiger partial charge in [-0.15, -0.1) is 0 Å². The van der Waals surface area contributed by atoms with E-state index in [1.165, 1.54) is 0 Å².